The third-order valence-corrected chi connectivity index (χ3v) is 4.11. The van der Waals surface area contributed by atoms with Crippen LogP contribution >= 0.6 is 31.9 Å². The molecule has 0 aliphatic heterocycles. The topological polar surface area (TPSA) is 50.7 Å². The van der Waals surface area contributed by atoms with Crippen molar-refractivity contribution in [1.82, 2.24) is 5.43 Å². The van der Waals surface area contributed by atoms with Crippen molar-refractivity contribution in [2.45, 2.75) is 26.7 Å². The highest BCUT2D eigenvalue weighted by Crippen LogP contribution is 2.32. The summed E-state index contributed by atoms with van der Waals surface area (Å²) < 4.78 is 7.32. The maximum Gasteiger partial charge on any atom is 0.277 e. The summed E-state index contributed by atoms with van der Waals surface area (Å²) in [5.41, 5.74) is 4.46. The van der Waals surface area contributed by atoms with Crippen LogP contribution in [0.3, 0.4) is 0 Å². The molecule has 108 valence electrons. The average molecular weight is 404 g/mol. The van der Waals surface area contributed by atoms with Crippen LogP contribution in [0.15, 0.2) is 26.2 Å². The van der Waals surface area contributed by atoms with Gasteiger partial charge in [-0.25, -0.2) is 5.43 Å². The van der Waals surface area contributed by atoms with E-state index in [1.165, 1.54) is 12.8 Å². The molecule has 0 spiro atoms. The number of carbonyl (C=O) groups is 1. The summed E-state index contributed by atoms with van der Waals surface area (Å²) in [7, 11) is 0. The van der Waals surface area contributed by atoms with Crippen molar-refractivity contribution in [1.29, 1.82) is 0 Å². The summed E-state index contributed by atoms with van der Waals surface area (Å²) in [6.07, 6.45) is 2.35. The smallest absolute Gasteiger partial charge is 0.277 e. The summed E-state index contributed by atoms with van der Waals surface area (Å²) in [5.74, 6) is 0.976. The van der Waals surface area contributed by atoms with Crippen LogP contribution in [0, 0.1) is 12.8 Å². The Labute approximate surface area is 135 Å². The maximum absolute atomic E-state index is 11.7. The summed E-state index contributed by atoms with van der Waals surface area (Å²) in [6, 6.07) is 3.82. The first kappa shape index (κ1) is 15.5. The number of hydrogen-bond donors (Lipinski definition) is 1. The molecule has 0 unspecified atom stereocenters. The Hall–Kier alpha value is -0.880. The molecule has 1 aliphatic rings. The Morgan fingerprint density at radius 3 is 2.75 bits per heavy atom. The van der Waals surface area contributed by atoms with Crippen molar-refractivity contribution in [3.63, 3.8) is 0 Å². The van der Waals surface area contributed by atoms with E-state index in [9.17, 15) is 4.79 Å². The Morgan fingerprint density at radius 1 is 1.45 bits per heavy atom. The van der Waals surface area contributed by atoms with Gasteiger partial charge in [-0.05, 0) is 66.2 Å². The van der Waals surface area contributed by atoms with Crippen LogP contribution in [0.2, 0.25) is 0 Å². The molecule has 1 aromatic carbocycles. The summed E-state index contributed by atoms with van der Waals surface area (Å²) >= 11 is 6.83. The van der Waals surface area contributed by atoms with Crippen molar-refractivity contribution in [2.75, 3.05) is 6.61 Å². The summed E-state index contributed by atoms with van der Waals surface area (Å²) in [5, 5.41) is 4.08. The Kier molecular flexibility index (Phi) is 5.21. The molecule has 20 heavy (non-hydrogen) atoms. The van der Waals surface area contributed by atoms with Crippen LogP contribution in [0.5, 0.6) is 5.75 Å². The second kappa shape index (κ2) is 6.72. The molecular weight excluding hydrogens is 388 g/mol. The number of ether oxygens (including phenoxy) is 1. The van der Waals surface area contributed by atoms with Crippen LogP contribution < -0.4 is 10.2 Å². The molecule has 0 atom stereocenters. The maximum atomic E-state index is 11.7. The molecule has 4 nitrogen and oxygen atoms in total. The van der Waals surface area contributed by atoms with Crippen molar-refractivity contribution in [2.24, 2.45) is 11.0 Å². The molecule has 0 radical (unpaired) electrons. The van der Waals surface area contributed by atoms with Crippen molar-refractivity contribution < 1.29 is 9.53 Å². The standard InChI is InChI=1S/C14H16Br2N2O2/c1-8-5-11(15)6-12(16)14(8)20-7-13(19)18-17-9(2)10-3-4-10/h5-6,10H,3-4,7H2,1-2H3,(H,18,19). The number of amides is 1. The fourth-order valence-electron chi connectivity index (χ4n) is 1.78. The van der Waals surface area contributed by atoms with E-state index >= 15 is 0 Å². The Morgan fingerprint density at radius 2 is 2.15 bits per heavy atom. The van der Waals surface area contributed by atoms with Gasteiger partial charge < -0.3 is 4.74 Å². The lowest BCUT2D eigenvalue weighted by molar-refractivity contribution is -0.123. The van der Waals surface area contributed by atoms with Gasteiger partial charge in [-0.2, -0.15) is 5.10 Å². The van der Waals surface area contributed by atoms with Crippen molar-refractivity contribution in [3.05, 3.63) is 26.6 Å². The molecule has 0 heterocycles. The molecule has 1 N–H and O–H groups in total. The minimum Gasteiger partial charge on any atom is -0.482 e. The number of aryl methyl sites for hydroxylation is 1. The SMILES string of the molecule is CC(=NNC(=O)COc1c(C)cc(Br)cc1Br)C1CC1. The monoisotopic (exact) mass is 402 g/mol. The quantitative estimate of drug-likeness (QED) is 0.600. The minimum atomic E-state index is -0.251. The molecule has 6 heteroatoms. The minimum absolute atomic E-state index is 0.0531. The zero-order valence-electron chi connectivity index (χ0n) is 11.4. The fraction of sp³-hybridized carbons (Fsp3) is 0.429. The summed E-state index contributed by atoms with van der Waals surface area (Å²) in [4.78, 5) is 11.7. The number of nitrogens with one attached hydrogen (secondary N) is 1. The Bertz CT molecular complexity index is 531. The molecule has 0 aromatic heterocycles. The molecule has 1 fully saturated rings. The van der Waals surface area contributed by atoms with Crippen molar-refractivity contribution in [3.8, 4) is 5.75 Å². The van der Waals surface area contributed by atoms with E-state index < -0.39 is 0 Å². The third-order valence-electron chi connectivity index (χ3n) is 3.07. The highest BCUT2D eigenvalue weighted by Gasteiger charge is 2.24. The zero-order valence-corrected chi connectivity index (χ0v) is 14.5. The lowest BCUT2D eigenvalue weighted by atomic mass is 10.2. The molecule has 1 aliphatic carbocycles. The van der Waals surface area contributed by atoms with E-state index in [1.807, 2.05) is 26.0 Å². The fourth-order valence-corrected chi connectivity index (χ4v) is 3.34. The molecule has 1 aromatic rings. The number of carbonyl (C=O) groups excluding carboxylic acids is 1. The summed E-state index contributed by atoms with van der Waals surface area (Å²) in [6.45, 7) is 3.81. The first-order valence-corrected chi connectivity index (χ1v) is 7.97. The van der Waals surface area contributed by atoms with Gasteiger partial charge in [-0.15, -0.1) is 0 Å². The van der Waals surface area contributed by atoms with E-state index in [2.05, 4.69) is 42.4 Å². The largest absolute Gasteiger partial charge is 0.482 e. The van der Waals surface area contributed by atoms with Gasteiger partial charge in [-0.1, -0.05) is 15.9 Å². The number of hydrogen-bond acceptors (Lipinski definition) is 3. The van der Waals surface area contributed by atoms with Gasteiger partial charge in [0.2, 0.25) is 0 Å². The van der Waals surface area contributed by atoms with Gasteiger partial charge in [0.1, 0.15) is 5.75 Å². The number of benzene rings is 1. The number of hydrazone groups is 1. The van der Waals surface area contributed by atoms with E-state index in [4.69, 9.17) is 4.74 Å². The molecule has 0 bridgehead atoms. The van der Waals surface area contributed by atoms with Gasteiger partial charge in [-0.3, -0.25) is 4.79 Å². The van der Waals surface area contributed by atoms with E-state index in [1.54, 1.807) is 0 Å². The van der Waals surface area contributed by atoms with Gasteiger partial charge in [0, 0.05) is 10.2 Å². The van der Waals surface area contributed by atoms with Gasteiger partial charge in [0.15, 0.2) is 6.61 Å². The predicted molar refractivity (Wildman–Crippen MR) is 86.0 cm³/mol. The molecule has 0 saturated heterocycles. The van der Waals surface area contributed by atoms with Crippen molar-refractivity contribution >= 4 is 43.5 Å². The van der Waals surface area contributed by atoms with Crippen LogP contribution in [0.1, 0.15) is 25.3 Å². The molecule has 2 rings (SSSR count). The molecular formula is C14H16Br2N2O2. The zero-order chi connectivity index (χ0) is 14.7. The van der Waals surface area contributed by atoms with Crippen LogP contribution in [0.25, 0.3) is 0 Å². The van der Waals surface area contributed by atoms with E-state index in [0.717, 1.165) is 20.2 Å². The van der Waals surface area contributed by atoms with Gasteiger partial charge in [0.25, 0.3) is 5.91 Å². The number of nitrogens with zero attached hydrogens (tertiary/aromatic N) is 1. The number of rotatable bonds is 5. The van der Waals surface area contributed by atoms with E-state index in [-0.39, 0.29) is 12.5 Å². The highest BCUT2D eigenvalue weighted by atomic mass is 79.9. The third kappa shape index (κ3) is 4.31. The highest BCUT2D eigenvalue weighted by molar-refractivity contribution is 9.11. The van der Waals surface area contributed by atoms with Gasteiger partial charge >= 0.3 is 0 Å². The second-order valence-corrected chi connectivity index (χ2v) is 6.65. The van der Waals surface area contributed by atoms with Crippen LogP contribution in [0.4, 0.5) is 0 Å². The average Bonchev–Trinajstić information content (AvgIpc) is 3.18. The number of halogens is 2. The Balaban J connectivity index is 1.88. The van der Waals surface area contributed by atoms with Crippen LogP contribution in [-0.2, 0) is 4.79 Å². The second-order valence-electron chi connectivity index (χ2n) is 4.88. The van der Waals surface area contributed by atoms with Crippen LogP contribution in [-0.4, -0.2) is 18.2 Å². The van der Waals surface area contributed by atoms with Gasteiger partial charge in [0.05, 0.1) is 4.47 Å². The molecule has 1 saturated carbocycles. The lowest BCUT2D eigenvalue weighted by Gasteiger charge is -2.11. The first-order valence-electron chi connectivity index (χ1n) is 6.39. The first-order chi connectivity index (χ1) is 9.47. The normalized spacial score (nSPS) is 15.1. The van der Waals surface area contributed by atoms with E-state index in [0.29, 0.717) is 11.7 Å². The predicted octanol–water partition coefficient (Wildman–Crippen LogP) is 3.80. The molecule has 1 amide bonds. The lowest BCUT2D eigenvalue weighted by Crippen LogP contribution is -2.26.